The van der Waals surface area contributed by atoms with Crippen molar-refractivity contribution >= 4 is 10.1 Å². The van der Waals surface area contributed by atoms with E-state index in [1.165, 1.54) is 18.2 Å². The molecule has 1 aromatic carbocycles. The van der Waals surface area contributed by atoms with Crippen molar-refractivity contribution in [1.29, 1.82) is 0 Å². The maximum atomic E-state index is 13.8. The second kappa shape index (κ2) is 23.4. The Labute approximate surface area is 419 Å². The lowest BCUT2D eigenvalue weighted by atomic mass is 9.95. The standard InChI is InChI=1S/C42H62O31S/c43-6-13-28-19(49)24(54)38(61-13)69-30-15(8-45)63-40(26(56)21(30)51)72-33-18(11-48)65-42(36-35(33)66-36)71-32-17(10-47)64-41(34(27(32)57)73-74(58,59)12-4-2-1-3-5-12)70-31-16(9-46)62-39(25(55)22(31)52)68-29-14(7-44)60-37(67-28)23(53)20(29)50/h1-5,13-57H,6-11H2/t13-,14-,15-,16-,17-,18-,19-,20-,21-,22-,23-,24-,25-,26-,27+,28-,29-,30-,31-,32-,33-,34-,35+,36+,37-,38-,39-,40-,41-,42-/m1/s1. The maximum absolute atomic E-state index is 13.8. The summed E-state index contributed by atoms with van der Waals surface area (Å²) in [5.41, 5.74) is 0. The number of hydrogen-bond acceptors (Lipinski definition) is 31. The molecule has 74 heavy (non-hydrogen) atoms. The smallest absolute Gasteiger partial charge is 0.297 e. The molecule has 30 atom stereocenters. The van der Waals surface area contributed by atoms with Gasteiger partial charge >= 0.3 is 0 Å². The Morgan fingerprint density at radius 3 is 1.00 bits per heavy atom. The topological polar surface area (TPSA) is 470 Å². The summed E-state index contributed by atoms with van der Waals surface area (Å²) < 4.78 is 109. The Morgan fingerprint density at radius 2 is 0.622 bits per heavy atom. The van der Waals surface area contributed by atoms with Crippen LogP contribution in [-0.4, -0.2) is 309 Å². The van der Waals surface area contributed by atoms with E-state index < -0.39 is 239 Å². The van der Waals surface area contributed by atoms with E-state index in [0.29, 0.717) is 0 Å². The van der Waals surface area contributed by atoms with Crippen molar-refractivity contribution < 1.29 is 151 Å². The van der Waals surface area contributed by atoms with Gasteiger partial charge in [-0.1, -0.05) is 18.2 Å². The molecule has 0 unspecified atom stereocenters. The van der Waals surface area contributed by atoms with E-state index in [1.54, 1.807) is 0 Å². The van der Waals surface area contributed by atoms with Gasteiger partial charge in [0.15, 0.2) is 43.8 Å². The molecule has 0 amide bonds. The Kier molecular flexibility index (Phi) is 17.9. The van der Waals surface area contributed by atoms with Crippen molar-refractivity contribution in [1.82, 2.24) is 0 Å². The highest BCUT2D eigenvalue weighted by Crippen LogP contribution is 2.44. The first kappa shape index (κ1) is 56.7. The van der Waals surface area contributed by atoms with Crippen LogP contribution in [0, 0.1) is 0 Å². The molecule has 0 aliphatic carbocycles. The van der Waals surface area contributed by atoms with Gasteiger partial charge in [-0.25, -0.2) is 0 Å². The highest BCUT2D eigenvalue weighted by Gasteiger charge is 2.63. The van der Waals surface area contributed by atoms with Gasteiger partial charge < -0.3 is 138 Å². The predicted octanol–water partition coefficient (Wildman–Crippen LogP) is -10.6. The normalized spacial score (nSPS) is 51.2. The molecular formula is C42H62O31S. The Morgan fingerprint density at radius 1 is 0.324 bits per heavy atom. The Bertz CT molecular complexity index is 2080. The van der Waals surface area contributed by atoms with Crippen molar-refractivity contribution in [2.75, 3.05) is 39.6 Å². The molecule has 0 aromatic heterocycles. The average molecular weight is 1090 g/mol. The first-order valence-electron chi connectivity index (χ1n) is 23.6. The SMILES string of the molecule is O=S(=O)(O[C@H]1[C@H]2O[C@H]3[C@H](O)[C@@H](O)[C@@H](O[C@H]4[C@H](O)[C@@H](O)[C@@H](O[C@H]5[C@H](O)[C@@H](O)[C@@H](O[C@H]6[C@H](O)[C@@H](O)[C@@H](O[C@H]7[C@@H]8O[C@@H]8[C@@H](O[C@@H]([C@@H]1O)[C@@H](CO)O2)O[C@@H]7CO)O[C@@H]6CO)O[C@@H]5CO)O[C@@H]4CO)O[C@@H]3CO)c1ccccc1. The molecule has 12 bridgehead atoms. The van der Waals surface area contributed by atoms with Crippen LogP contribution in [0.25, 0.3) is 0 Å². The second-order valence-electron chi connectivity index (χ2n) is 18.8. The lowest BCUT2D eigenvalue weighted by Gasteiger charge is -2.50. The fourth-order valence-corrected chi connectivity index (χ4v) is 11.2. The van der Waals surface area contributed by atoms with Gasteiger partial charge in [0, 0.05) is 0 Å². The fraction of sp³-hybridized carbons (Fsp3) is 0.857. The van der Waals surface area contributed by atoms with Crippen LogP contribution in [0.15, 0.2) is 35.2 Å². The molecule has 17 aliphatic heterocycles. The lowest BCUT2D eigenvalue weighted by Crippen LogP contribution is -2.68. The van der Waals surface area contributed by atoms with E-state index in [-0.39, 0.29) is 0 Å². The van der Waals surface area contributed by atoms with Gasteiger partial charge in [0.25, 0.3) is 10.1 Å². The van der Waals surface area contributed by atoms with Crippen LogP contribution in [0.3, 0.4) is 0 Å². The highest BCUT2D eigenvalue weighted by atomic mass is 32.2. The van der Waals surface area contributed by atoms with Crippen molar-refractivity contribution in [2.24, 2.45) is 0 Å². The van der Waals surface area contributed by atoms with Gasteiger partial charge in [-0.3, -0.25) is 4.18 Å². The summed E-state index contributed by atoms with van der Waals surface area (Å²) in [6.07, 6.45) is -55.5. The molecule has 0 saturated carbocycles. The molecule has 15 N–H and O–H groups in total. The molecule has 0 spiro atoms. The second-order valence-corrected chi connectivity index (χ2v) is 20.3. The zero-order valence-corrected chi connectivity index (χ0v) is 39.4. The number of benzene rings is 1. The number of aliphatic hydroxyl groups is 15. The molecule has 18 rings (SSSR count). The van der Waals surface area contributed by atoms with Gasteiger partial charge in [-0.15, -0.1) is 0 Å². The first-order valence-corrected chi connectivity index (χ1v) is 25.1. The highest BCUT2D eigenvalue weighted by molar-refractivity contribution is 7.86. The summed E-state index contributed by atoms with van der Waals surface area (Å²) in [6, 6.07) is 6.55. The summed E-state index contributed by atoms with van der Waals surface area (Å²) >= 11 is 0. The minimum atomic E-state index is -4.86. The third-order valence-electron chi connectivity index (χ3n) is 14.1. The number of ether oxygens (including phenoxy) is 13. The van der Waals surface area contributed by atoms with Crippen LogP contribution in [0.5, 0.6) is 0 Å². The van der Waals surface area contributed by atoms with Gasteiger partial charge in [-0.2, -0.15) is 8.42 Å². The van der Waals surface area contributed by atoms with Crippen molar-refractivity contribution in [3.05, 3.63) is 30.3 Å². The number of hydrogen-bond donors (Lipinski definition) is 15. The van der Waals surface area contributed by atoms with E-state index in [4.69, 9.17) is 65.8 Å². The van der Waals surface area contributed by atoms with Crippen LogP contribution < -0.4 is 0 Å². The average Bonchev–Trinajstić information content (AvgIpc) is 4.21. The van der Waals surface area contributed by atoms with Crippen LogP contribution in [0.4, 0.5) is 0 Å². The van der Waals surface area contributed by atoms with E-state index >= 15 is 0 Å². The Balaban J connectivity index is 1.04. The summed E-state index contributed by atoms with van der Waals surface area (Å²) in [7, 11) is -4.86. The van der Waals surface area contributed by atoms with Crippen LogP contribution in [-0.2, 0) is 75.9 Å². The number of aliphatic hydroxyl groups excluding tert-OH is 15. The molecule has 17 saturated heterocycles. The number of epoxide rings is 1. The van der Waals surface area contributed by atoms with Crippen molar-refractivity contribution in [3.63, 3.8) is 0 Å². The molecule has 1 aromatic rings. The monoisotopic (exact) mass is 1090 g/mol. The molecule has 32 heteroatoms. The quantitative estimate of drug-likeness (QED) is 0.0806. The number of rotatable bonds is 9. The molecular weight excluding hydrogens is 1030 g/mol. The van der Waals surface area contributed by atoms with E-state index in [2.05, 4.69) is 0 Å². The van der Waals surface area contributed by atoms with Crippen molar-refractivity contribution in [2.45, 2.75) is 189 Å². The van der Waals surface area contributed by atoms with E-state index in [1.807, 2.05) is 0 Å². The molecule has 31 nitrogen and oxygen atoms in total. The van der Waals surface area contributed by atoms with E-state index in [9.17, 15) is 85.0 Å². The van der Waals surface area contributed by atoms with Gasteiger partial charge in [-0.05, 0) is 12.1 Å². The maximum Gasteiger partial charge on any atom is 0.297 e. The molecule has 17 aliphatic rings. The van der Waals surface area contributed by atoms with Crippen molar-refractivity contribution in [3.8, 4) is 0 Å². The largest absolute Gasteiger partial charge is 0.394 e. The van der Waals surface area contributed by atoms with Gasteiger partial charge in [0.2, 0.25) is 0 Å². The summed E-state index contributed by atoms with van der Waals surface area (Å²) in [5.74, 6) is 0. The Hall–Kier alpha value is -1.99. The van der Waals surface area contributed by atoms with Crippen LogP contribution >= 0.6 is 0 Å². The predicted molar refractivity (Wildman–Crippen MR) is 225 cm³/mol. The first-order chi connectivity index (χ1) is 35.4. The summed E-state index contributed by atoms with van der Waals surface area (Å²) in [4.78, 5) is -0.416. The van der Waals surface area contributed by atoms with Crippen LogP contribution in [0.1, 0.15) is 0 Å². The molecule has 422 valence electrons. The van der Waals surface area contributed by atoms with Gasteiger partial charge in [0.1, 0.15) is 140 Å². The summed E-state index contributed by atoms with van der Waals surface area (Å²) in [6.45, 7) is -5.85. The molecule has 0 radical (unpaired) electrons. The van der Waals surface area contributed by atoms with E-state index in [0.717, 1.165) is 12.1 Å². The zero-order valence-electron chi connectivity index (χ0n) is 38.6. The third-order valence-corrected chi connectivity index (χ3v) is 15.4. The summed E-state index contributed by atoms with van der Waals surface area (Å²) in [5, 5.41) is 166. The minimum absolute atomic E-state index is 0.416. The molecule has 17 heterocycles. The zero-order chi connectivity index (χ0) is 53.1. The van der Waals surface area contributed by atoms with Gasteiger partial charge in [0.05, 0.1) is 44.5 Å². The fourth-order valence-electron chi connectivity index (χ4n) is 10.1. The third kappa shape index (κ3) is 10.9. The molecule has 17 fully saturated rings. The lowest BCUT2D eigenvalue weighted by molar-refractivity contribution is -0.397. The minimum Gasteiger partial charge on any atom is -0.394 e. The van der Waals surface area contributed by atoms with Crippen LogP contribution in [0.2, 0.25) is 0 Å².